The summed E-state index contributed by atoms with van der Waals surface area (Å²) in [4.78, 5) is 69.5. The van der Waals surface area contributed by atoms with E-state index in [1.807, 2.05) is 0 Å². The quantitative estimate of drug-likeness (QED) is 0.0637. The number of hydrogen-bond acceptors (Lipinski definition) is 8. The van der Waals surface area contributed by atoms with Crippen molar-refractivity contribution >= 4 is 35.0 Å². The van der Waals surface area contributed by atoms with E-state index in [0.717, 1.165) is 48.5 Å². The monoisotopic (exact) mass is 756 g/mol. The van der Waals surface area contributed by atoms with E-state index in [4.69, 9.17) is 0 Å². The number of rotatable bonds is 12. The molecule has 0 fully saturated rings. The predicted octanol–water partition coefficient (Wildman–Crippen LogP) is 7.16. The Morgan fingerprint density at radius 2 is 0.722 bits per heavy atom. The molecule has 0 aliphatic carbocycles. The third-order valence-corrected chi connectivity index (χ3v) is 8.57. The zero-order valence-corrected chi connectivity index (χ0v) is 27.4. The molecule has 0 unspecified atom stereocenters. The van der Waals surface area contributed by atoms with Gasteiger partial charge in [-0.2, -0.15) is 0 Å². The fourth-order valence-electron chi connectivity index (χ4n) is 5.65. The van der Waals surface area contributed by atoms with Gasteiger partial charge in [0.05, 0.1) is 45.2 Å². The molecular formula is C36H26F6N4O8. The van der Waals surface area contributed by atoms with E-state index in [9.17, 15) is 65.7 Å². The Hall–Kier alpha value is -6.46. The number of hydrogen-bond donors (Lipinski definition) is 0. The van der Waals surface area contributed by atoms with Crippen molar-refractivity contribution in [2.75, 3.05) is 13.1 Å². The molecular weight excluding hydrogens is 730 g/mol. The number of imide groups is 2. The molecule has 12 nitrogen and oxygen atoms in total. The van der Waals surface area contributed by atoms with Crippen LogP contribution in [0.2, 0.25) is 0 Å². The average Bonchev–Trinajstić information content (AvgIpc) is 3.57. The van der Waals surface area contributed by atoms with E-state index in [1.54, 1.807) is 0 Å². The van der Waals surface area contributed by atoms with Crippen LogP contribution in [0.5, 0.6) is 0 Å². The number of benzene rings is 4. The number of nitro benzene ring substituents is 2. The van der Waals surface area contributed by atoms with Gasteiger partial charge in [-0.3, -0.25) is 49.2 Å². The Kier molecular flexibility index (Phi) is 11.5. The molecule has 280 valence electrons. The molecule has 2 aliphatic rings. The first-order valence-electron chi connectivity index (χ1n) is 15.9. The minimum atomic E-state index is -2.66. The largest absolute Gasteiger partial charge is 0.271 e. The second-order valence-electron chi connectivity index (χ2n) is 12.0. The van der Waals surface area contributed by atoms with Crippen molar-refractivity contribution in [2.24, 2.45) is 0 Å². The number of nitro groups is 2. The van der Waals surface area contributed by atoms with E-state index in [0.29, 0.717) is 9.80 Å². The SMILES string of the molecule is O=C1c2ccccc2C(=O)N1C[C@H](F)[C@@H](F)[C@@H](F)c1ccc([N+](=O)[O-])cc1.O=C1c2ccccc2C(=O)N1C[C@H](F)[C@@H](F)[C@@H](F)c1ccc([N+](=O)[O-])cc1. The minimum absolute atomic E-state index is 0.0808. The van der Waals surface area contributed by atoms with E-state index < -0.39 is 83.6 Å². The molecule has 0 radical (unpaired) electrons. The molecule has 0 saturated carbocycles. The molecule has 4 aromatic rings. The highest BCUT2D eigenvalue weighted by Crippen LogP contribution is 2.32. The van der Waals surface area contributed by atoms with Gasteiger partial charge in [-0.25, -0.2) is 26.3 Å². The summed E-state index contributed by atoms with van der Waals surface area (Å²) in [6.45, 7) is -1.86. The second kappa shape index (κ2) is 16.1. The van der Waals surface area contributed by atoms with Gasteiger partial charge < -0.3 is 0 Å². The van der Waals surface area contributed by atoms with Crippen LogP contribution in [0.25, 0.3) is 0 Å². The molecule has 54 heavy (non-hydrogen) atoms. The van der Waals surface area contributed by atoms with E-state index >= 15 is 0 Å². The molecule has 0 saturated heterocycles. The molecule has 0 bridgehead atoms. The Labute approximate surface area is 300 Å². The molecule has 6 rings (SSSR count). The van der Waals surface area contributed by atoms with Crippen molar-refractivity contribution in [1.82, 2.24) is 9.80 Å². The van der Waals surface area contributed by atoms with Crippen molar-refractivity contribution in [1.29, 1.82) is 0 Å². The van der Waals surface area contributed by atoms with Gasteiger partial charge in [-0.1, -0.05) is 24.3 Å². The molecule has 4 aromatic carbocycles. The smallest absolute Gasteiger partial charge is 0.269 e. The first-order valence-corrected chi connectivity index (χ1v) is 15.9. The van der Waals surface area contributed by atoms with Crippen molar-refractivity contribution in [3.8, 4) is 0 Å². The summed E-state index contributed by atoms with van der Waals surface area (Å²) >= 11 is 0. The fourth-order valence-corrected chi connectivity index (χ4v) is 5.65. The summed E-state index contributed by atoms with van der Waals surface area (Å²) < 4.78 is 85.6. The van der Waals surface area contributed by atoms with Crippen LogP contribution in [-0.2, 0) is 0 Å². The molecule has 2 aliphatic heterocycles. The Morgan fingerprint density at radius 1 is 0.463 bits per heavy atom. The van der Waals surface area contributed by atoms with Gasteiger partial charge >= 0.3 is 0 Å². The Morgan fingerprint density at radius 3 is 0.963 bits per heavy atom. The maximum absolute atomic E-state index is 14.3. The number of non-ortho nitro benzene ring substituents is 2. The summed E-state index contributed by atoms with van der Waals surface area (Å²) in [7, 11) is 0. The lowest BCUT2D eigenvalue weighted by molar-refractivity contribution is -0.385. The lowest BCUT2D eigenvalue weighted by Crippen LogP contribution is -2.40. The van der Waals surface area contributed by atoms with Crippen LogP contribution in [0.4, 0.5) is 37.7 Å². The number of halogens is 6. The van der Waals surface area contributed by atoms with Crippen molar-refractivity contribution in [3.05, 3.63) is 151 Å². The molecule has 6 atom stereocenters. The lowest BCUT2D eigenvalue weighted by Gasteiger charge is -2.22. The molecule has 2 heterocycles. The summed E-state index contributed by atoms with van der Waals surface area (Å²) in [6.07, 6.45) is -15.0. The summed E-state index contributed by atoms with van der Waals surface area (Å²) in [6, 6.07) is 19.6. The van der Waals surface area contributed by atoms with Gasteiger partial charge in [0.1, 0.15) is 0 Å². The molecule has 18 heteroatoms. The van der Waals surface area contributed by atoms with Crippen LogP contribution in [0.1, 0.15) is 64.9 Å². The van der Waals surface area contributed by atoms with Gasteiger partial charge in [0.15, 0.2) is 37.0 Å². The van der Waals surface area contributed by atoms with Crippen LogP contribution in [-0.4, -0.2) is 81.1 Å². The number of carbonyl (C=O) groups is 4. The highest BCUT2D eigenvalue weighted by Gasteiger charge is 2.42. The predicted molar refractivity (Wildman–Crippen MR) is 177 cm³/mol. The van der Waals surface area contributed by atoms with Crippen LogP contribution in [0, 0.1) is 20.2 Å². The van der Waals surface area contributed by atoms with Crippen molar-refractivity contribution in [3.63, 3.8) is 0 Å². The van der Waals surface area contributed by atoms with E-state index in [-0.39, 0.29) is 44.8 Å². The maximum Gasteiger partial charge on any atom is 0.269 e. The van der Waals surface area contributed by atoms with E-state index in [1.165, 1.54) is 48.5 Å². The third kappa shape index (κ3) is 7.81. The first kappa shape index (κ1) is 38.8. The number of carbonyl (C=O) groups excluding carboxylic acids is 4. The topological polar surface area (TPSA) is 161 Å². The number of amides is 4. The number of alkyl halides is 6. The summed E-state index contributed by atoms with van der Waals surface area (Å²) in [5.74, 6) is -3.07. The van der Waals surface area contributed by atoms with Gasteiger partial charge in [-0.05, 0) is 59.7 Å². The van der Waals surface area contributed by atoms with Crippen LogP contribution in [0.15, 0.2) is 97.1 Å². The third-order valence-electron chi connectivity index (χ3n) is 8.57. The highest BCUT2D eigenvalue weighted by molar-refractivity contribution is 6.22. The van der Waals surface area contributed by atoms with Gasteiger partial charge in [0.25, 0.3) is 35.0 Å². The van der Waals surface area contributed by atoms with Crippen LogP contribution in [0.3, 0.4) is 0 Å². The number of nitrogens with zero attached hydrogens (tertiary/aromatic N) is 4. The molecule has 4 amide bonds. The van der Waals surface area contributed by atoms with Gasteiger partial charge in [0.2, 0.25) is 0 Å². The summed E-state index contributed by atoms with van der Waals surface area (Å²) in [5, 5.41) is 21.2. The maximum atomic E-state index is 14.3. The Bertz CT molecular complexity index is 1890. The van der Waals surface area contributed by atoms with Crippen LogP contribution < -0.4 is 0 Å². The summed E-state index contributed by atoms with van der Waals surface area (Å²) in [5.41, 5.74) is -0.867. The Balaban J connectivity index is 0.000000208. The minimum Gasteiger partial charge on any atom is -0.271 e. The van der Waals surface area contributed by atoms with Crippen molar-refractivity contribution < 1.29 is 55.4 Å². The normalized spacial score (nSPS) is 16.8. The second-order valence-corrected chi connectivity index (χ2v) is 12.0. The highest BCUT2D eigenvalue weighted by atomic mass is 19.2. The fraction of sp³-hybridized carbons (Fsp3) is 0.222. The molecule has 0 spiro atoms. The molecule has 0 N–H and O–H groups in total. The standard InChI is InChI=1S/2C18H13F3N2O4/c2*19-14(9-22-17(24)12-3-1-2-4-13(12)18(22)25)16(21)15(20)10-5-7-11(8-6-10)23(26)27/h2*1-8,14-16H,9H2/t2*14-,15-,16+/m00/s1. The van der Waals surface area contributed by atoms with Crippen molar-refractivity contribution in [2.45, 2.75) is 37.0 Å². The zero-order valence-electron chi connectivity index (χ0n) is 27.4. The lowest BCUT2D eigenvalue weighted by atomic mass is 10.0. The van der Waals surface area contributed by atoms with Crippen LogP contribution >= 0.6 is 0 Å². The number of fused-ring (bicyclic) bond motifs is 2. The zero-order chi connectivity index (χ0) is 39.4. The molecule has 0 aromatic heterocycles. The average molecular weight is 757 g/mol. The van der Waals surface area contributed by atoms with Gasteiger partial charge in [-0.15, -0.1) is 0 Å². The van der Waals surface area contributed by atoms with E-state index in [2.05, 4.69) is 0 Å². The first-order chi connectivity index (χ1) is 25.6. The van der Waals surface area contributed by atoms with Gasteiger partial charge in [0, 0.05) is 24.3 Å².